The van der Waals surface area contributed by atoms with Crippen molar-refractivity contribution in [3.63, 3.8) is 0 Å². The van der Waals surface area contributed by atoms with Crippen LogP contribution in [0.4, 0.5) is 0 Å². The second kappa shape index (κ2) is 5.47. The average Bonchev–Trinajstić information content (AvgIpc) is 2.60. The van der Waals surface area contributed by atoms with Crippen LogP contribution < -0.4 is 5.73 Å². The lowest BCUT2D eigenvalue weighted by Gasteiger charge is -2.26. The Labute approximate surface area is 134 Å². The van der Waals surface area contributed by atoms with E-state index in [1.807, 2.05) is 24.3 Å². The third-order valence-electron chi connectivity index (χ3n) is 4.55. The van der Waals surface area contributed by atoms with Crippen LogP contribution >= 0.6 is 0 Å². The number of carbonyl (C=O) groups is 1. The number of amides is 1. The fraction of sp³-hybridized carbons (Fsp3) is 0.211. The predicted molar refractivity (Wildman–Crippen MR) is 89.3 cm³/mol. The van der Waals surface area contributed by atoms with Crippen molar-refractivity contribution in [1.82, 2.24) is 9.97 Å². The first-order valence-electron chi connectivity index (χ1n) is 7.88. The van der Waals surface area contributed by atoms with Crippen LogP contribution in [0.1, 0.15) is 46.2 Å². The highest BCUT2D eigenvalue weighted by molar-refractivity contribution is 5.92. The van der Waals surface area contributed by atoms with Gasteiger partial charge in [0.05, 0.1) is 11.2 Å². The minimum atomic E-state index is -0.582. The molecule has 1 unspecified atom stereocenters. The number of hydrogen-bond donors (Lipinski definition) is 1. The first-order valence-corrected chi connectivity index (χ1v) is 7.88. The number of benzene rings is 2. The molecular formula is C19H17N3O. The molecule has 1 aromatic heterocycles. The van der Waals surface area contributed by atoms with E-state index in [2.05, 4.69) is 34.2 Å². The maximum Gasteiger partial charge on any atom is 0.286 e. The van der Waals surface area contributed by atoms with Gasteiger partial charge in [-0.15, -0.1) is 0 Å². The molecule has 0 saturated carbocycles. The first kappa shape index (κ1) is 13.9. The molecule has 4 rings (SSSR count). The summed E-state index contributed by atoms with van der Waals surface area (Å²) in [6.07, 6.45) is 3.24. The summed E-state index contributed by atoms with van der Waals surface area (Å²) in [5.41, 5.74) is 9.79. The molecular weight excluding hydrogens is 286 g/mol. The standard InChI is InChI=1S/C19H17N3O/c20-18(23)19-21-16-11-4-3-9-15(16)17(22-19)14-10-5-7-12-6-1-2-8-13(12)14/h1-4,6,8-9,11,14H,5,7,10H2,(H2,20,23). The van der Waals surface area contributed by atoms with Crippen molar-refractivity contribution in [2.45, 2.75) is 25.2 Å². The zero-order chi connectivity index (χ0) is 15.8. The van der Waals surface area contributed by atoms with Crippen LogP contribution in [0.3, 0.4) is 0 Å². The number of nitrogens with zero attached hydrogens (tertiary/aromatic N) is 2. The Morgan fingerprint density at radius 1 is 1.04 bits per heavy atom. The normalized spacial score (nSPS) is 17.0. The van der Waals surface area contributed by atoms with Crippen LogP contribution in [-0.2, 0) is 6.42 Å². The topological polar surface area (TPSA) is 68.9 Å². The molecule has 0 fully saturated rings. The highest BCUT2D eigenvalue weighted by Gasteiger charge is 2.25. The van der Waals surface area contributed by atoms with E-state index in [0.29, 0.717) is 0 Å². The van der Waals surface area contributed by atoms with Crippen molar-refractivity contribution >= 4 is 16.8 Å². The van der Waals surface area contributed by atoms with Gasteiger partial charge < -0.3 is 5.73 Å². The fourth-order valence-corrected chi connectivity index (χ4v) is 3.51. The van der Waals surface area contributed by atoms with Gasteiger partial charge in [-0.1, -0.05) is 42.5 Å². The van der Waals surface area contributed by atoms with Gasteiger partial charge >= 0.3 is 0 Å². The minimum Gasteiger partial charge on any atom is -0.363 e. The van der Waals surface area contributed by atoms with Gasteiger partial charge in [-0.2, -0.15) is 0 Å². The Bertz CT molecular complexity index is 904. The first-order chi connectivity index (χ1) is 11.2. The van der Waals surface area contributed by atoms with Gasteiger partial charge in [0.2, 0.25) is 5.82 Å². The van der Waals surface area contributed by atoms with E-state index in [4.69, 9.17) is 5.73 Å². The van der Waals surface area contributed by atoms with E-state index in [0.717, 1.165) is 35.9 Å². The smallest absolute Gasteiger partial charge is 0.286 e. The van der Waals surface area contributed by atoms with E-state index in [9.17, 15) is 4.79 Å². The Kier molecular flexibility index (Phi) is 3.30. The summed E-state index contributed by atoms with van der Waals surface area (Å²) in [7, 11) is 0. The van der Waals surface area contributed by atoms with Crippen LogP contribution in [-0.4, -0.2) is 15.9 Å². The zero-order valence-electron chi connectivity index (χ0n) is 12.7. The quantitative estimate of drug-likeness (QED) is 0.790. The maximum atomic E-state index is 11.6. The molecule has 0 spiro atoms. The number of aryl methyl sites for hydroxylation is 1. The molecule has 1 aliphatic rings. The van der Waals surface area contributed by atoms with Gasteiger partial charge in [-0.3, -0.25) is 4.79 Å². The summed E-state index contributed by atoms with van der Waals surface area (Å²) in [5, 5.41) is 0.999. The SMILES string of the molecule is NC(=O)c1nc(C2CCCc3ccccc32)c2ccccc2n1. The summed E-state index contributed by atoms with van der Waals surface area (Å²) < 4.78 is 0. The van der Waals surface area contributed by atoms with E-state index in [1.54, 1.807) is 0 Å². The van der Waals surface area contributed by atoms with Gasteiger partial charge in [-0.05, 0) is 36.5 Å². The Hall–Kier alpha value is -2.75. The molecule has 1 atom stereocenters. The fourth-order valence-electron chi connectivity index (χ4n) is 3.51. The van der Waals surface area contributed by atoms with Gasteiger partial charge in [0.25, 0.3) is 5.91 Å². The summed E-state index contributed by atoms with van der Waals surface area (Å²) in [4.78, 5) is 20.5. The second-order valence-electron chi connectivity index (χ2n) is 5.96. The Morgan fingerprint density at radius 3 is 2.70 bits per heavy atom. The zero-order valence-corrected chi connectivity index (χ0v) is 12.7. The maximum absolute atomic E-state index is 11.6. The summed E-state index contributed by atoms with van der Waals surface area (Å²) >= 11 is 0. The monoisotopic (exact) mass is 303 g/mol. The molecule has 1 aliphatic carbocycles. The number of rotatable bonds is 2. The van der Waals surface area contributed by atoms with Crippen LogP contribution in [0.25, 0.3) is 10.9 Å². The molecule has 2 aromatic carbocycles. The Balaban J connectivity index is 1.97. The highest BCUT2D eigenvalue weighted by Crippen LogP contribution is 2.38. The van der Waals surface area contributed by atoms with Crippen molar-refractivity contribution in [1.29, 1.82) is 0 Å². The van der Waals surface area contributed by atoms with Crippen molar-refractivity contribution in [2.75, 3.05) is 0 Å². The molecule has 0 aliphatic heterocycles. The lowest BCUT2D eigenvalue weighted by molar-refractivity contribution is 0.0990. The van der Waals surface area contributed by atoms with Crippen molar-refractivity contribution in [3.8, 4) is 0 Å². The molecule has 0 bridgehead atoms. The van der Waals surface area contributed by atoms with Gasteiger partial charge in [0.15, 0.2) is 0 Å². The van der Waals surface area contributed by atoms with Gasteiger partial charge in [0, 0.05) is 11.3 Å². The molecule has 4 nitrogen and oxygen atoms in total. The second-order valence-corrected chi connectivity index (χ2v) is 5.96. The lowest BCUT2D eigenvalue weighted by atomic mass is 9.80. The number of fused-ring (bicyclic) bond motifs is 2. The van der Waals surface area contributed by atoms with E-state index in [1.165, 1.54) is 11.1 Å². The molecule has 4 heteroatoms. The van der Waals surface area contributed by atoms with Gasteiger partial charge in [-0.25, -0.2) is 9.97 Å². The van der Waals surface area contributed by atoms with E-state index in [-0.39, 0.29) is 11.7 Å². The van der Waals surface area contributed by atoms with E-state index >= 15 is 0 Å². The van der Waals surface area contributed by atoms with Crippen LogP contribution in [0.5, 0.6) is 0 Å². The number of para-hydroxylation sites is 1. The van der Waals surface area contributed by atoms with Crippen molar-refractivity contribution in [2.24, 2.45) is 5.73 Å². The summed E-state index contributed by atoms with van der Waals surface area (Å²) in [6, 6.07) is 16.3. The number of carbonyl (C=O) groups excluding carboxylic acids is 1. The third-order valence-corrected chi connectivity index (χ3v) is 4.55. The molecule has 1 amide bonds. The average molecular weight is 303 g/mol. The molecule has 0 saturated heterocycles. The largest absolute Gasteiger partial charge is 0.363 e. The van der Waals surface area contributed by atoms with Crippen LogP contribution in [0.15, 0.2) is 48.5 Å². The summed E-state index contributed by atoms with van der Waals surface area (Å²) in [6.45, 7) is 0. The molecule has 114 valence electrons. The minimum absolute atomic E-state index is 0.0988. The van der Waals surface area contributed by atoms with E-state index < -0.39 is 5.91 Å². The molecule has 23 heavy (non-hydrogen) atoms. The summed E-state index contributed by atoms with van der Waals surface area (Å²) in [5.74, 6) is -0.297. The number of aromatic nitrogens is 2. The lowest BCUT2D eigenvalue weighted by Crippen LogP contribution is -2.19. The molecule has 3 aromatic rings. The molecule has 0 radical (unpaired) electrons. The van der Waals surface area contributed by atoms with Crippen LogP contribution in [0.2, 0.25) is 0 Å². The molecule has 1 heterocycles. The van der Waals surface area contributed by atoms with Gasteiger partial charge in [0.1, 0.15) is 0 Å². The number of nitrogens with two attached hydrogens (primary N) is 1. The van der Waals surface area contributed by atoms with Crippen molar-refractivity contribution < 1.29 is 4.79 Å². The third kappa shape index (κ3) is 2.36. The Morgan fingerprint density at radius 2 is 1.83 bits per heavy atom. The van der Waals surface area contributed by atoms with Crippen LogP contribution in [0, 0.1) is 0 Å². The van der Waals surface area contributed by atoms with Crippen molar-refractivity contribution in [3.05, 3.63) is 71.2 Å². The predicted octanol–water partition coefficient (Wildman–Crippen LogP) is 3.20. The number of primary amides is 1. The molecule has 2 N–H and O–H groups in total. The highest BCUT2D eigenvalue weighted by atomic mass is 16.1. The number of hydrogen-bond acceptors (Lipinski definition) is 3.